The van der Waals surface area contributed by atoms with Gasteiger partial charge in [0.15, 0.2) is 5.96 Å². The molecule has 2 aliphatic rings. The van der Waals surface area contributed by atoms with E-state index in [1.807, 2.05) is 0 Å². The lowest BCUT2D eigenvalue weighted by Gasteiger charge is -2.31. The lowest BCUT2D eigenvalue weighted by Crippen LogP contribution is -2.42. The third-order valence-corrected chi connectivity index (χ3v) is 4.42. The van der Waals surface area contributed by atoms with E-state index in [4.69, 9.17) is 5.73 Å². The van der Waals surface area contributed by atoms with E-state index in [0.717, 1.165) is 31.5 Å². The molecule has 0 aromatic carbocycles. The SMILES string of the molecule is CCCC1(CN=C(N)N2CCC(C)CC2)CC1.I. The van der Waals surface area contributed by atoms with E-state index in [0.29, 0.717) is 5.41 Å². The Labute approximate surface area is 129 Å². The Kier molecular flexibility index (Phi) is 6.21. The summed E-state index contributed by atoms with van der Waals surface area (Å²) in [6.45, 7) is 7.73. The average molecular weight is 365 g/mol. The number of guanidine groups is 1. The van der Waals surface area contributed by atoms with Gasteiger partial charge in [-0.25, -0.2) is 0 Å². The molecule has 0 atom stereocenters. The molecule has 2 N–H and O–H groups in total. The molecular weight excluding hydrogens is 337 g/mol. The Morgan fingerprint density at radius 3 is 2.44 bits per heavy atom. The minimum absolute atomic E-state index is 0. The largest absolute Gasteiger partial charge is 0.370 e. The van der Waals surface area contributed by atoms with Crippen molar-refractivity contribution in [1.29, 1.82) is 0 Å². The number of aliphatic imine (C=N–C) groups is 1. The molecule has 1 aliphatic carbocycles. The third kappa shape index (κ3) is 4.28. The highest BCUT2D eigenvalue weighted by molar-refractivity contribution is 14.0. The highest BCUT2D eigenvalue weighted by Gasteiger charge is 2.41. The zero-order chi connectivity index (χ0) is 12.3. The standard InChI is InChI=1S/C14H27N3.HI/c1-3-6-14(7-8-14)11-16-13(15)17-9-4-12(2)5-10-17;/h12H,3-11H2,1-2H3,(H2,15,16);1H. The topological polar surface area (TPSA) is 41.6 Å². The lowest BCUT2D eigenvalue weighted by molar-refractivity contribution is 0.277. The second-order valence-electron chi connectivity index (χ2n) is 6.09. The van der Waals surface area contributed by atoms with Crippen molar-refractivity contribution >= 4 is 29.9 Å². The van der Waals surface area contributed by atoms with Crippen LogP contribution in [-0.2, 0) is 0 Å². The molecule has 4 heteroatoms. The van der Waals surface area contributed by atoms with Crippen LogP contribution >= 0.6 is 24.0 Å². The monoisotopic (exact) mass is 365 g/mol. The van der Waals surface area contributed by atoms with Crippen LogP contribution in [0, 0.1) is 11.3 Å². The number of nitrogens with zero attached hydrogens (tertiary/aromatic N) is 2. The summed E-state index contributed by atoms with van der Waals surface area (Å²) >= 11 is 0. The van der Waals surface area contributed by atoms with Gasteiger partial charge in [-0.15, -0.1) is 24.0 Å². The second-order valence-corrected chi connectivity index (χ2v) is 6.09. The summed E-state index contributed by atoms with van der Waals surface area (Å²) in [7, 11) is 0. The quantitative estimate of drug-likeness (QED) is 0.472. The van der Waals surface area contributed by atoms with Crippen LogP contribution in [0.15, 0.2) is 4.99 Å². The predicted molar refractivity (Wildman–Crippen MR) is 88.5 cm³/mol. The van der Waals surface area contributed by atoms with Crippen LogP contribution in [0.5, 0.6) is 0 Å². The van der Waals surface area contributed by atoms with Crippen LogP contribution in [-0.4, -0.2) is 30.5 Å². The molecule has 0 unspecified atom stereocenters. The van der Waals surface area contributed by atoms with Gasteiger partial charge in [0.1, 0.15) is 0 Å². The van der Waals surface area contributed by atoms with E-state index < -0.39 is 0 Å². The maximum absolute atomic E-state index is 6.10. The highest BCUT2D eigenvalue weighted by atomic mass is 127. The molecule has 0 bridgehead atoms. The number of piperidine rings is 1. The van der Waals surface area contributed by atoms with E-state index in [1.54, 1.807) is 0 Å². The van der Waals surface area contributed by atoms with Gasteiger partial charge in [-0.1, -0.05) is 20.3 Å². The molecule has 0 spiro atoms. The first-order chi connectivity index (χ1) is 8.15. The maximum Gasteiger partial charge on any atom is 0.191 e. The highest BCUT2D eigenvalue weighted by Crippen LogP contribution is 2.49. The van der Waals surface area contributed by atoms with Gasteiger partial charge in [-0.2, -0.15) is 0 Å². The van der Waals surface area contributed by atoms with Gasteiger partial charge < -0.3 is 10.6 Å². The van der Waals surface area contributed by atoms with Gasteiger partial charge in [-0.3, -0.25) is 4.99 Å². The van der Waals surface area contributed by atoms with Crippen LogP contribution in [0.1, 0.15) is 52.4 Å². The summed E-state index contributed by atoms with van der Waals surface area (Å²) in [5.74, 6) is 1.65. The number of rotatable bonds is 4. The predicted octanol–water partition coefficient (Wildman–Crippen LogP) is 3.23. The Morgan fingerprint density at radius 2 is 1.94 bits per heavy atom. The molecule has 106 valence electrons. The fourth-order valence-corrected chi connectivity index (χ4v) is 2.78. The first-order valence-corrected chi connectivity index (χ1v) is 7.20. The molecule has 3 nitrogen and oxygen atoms in total. The smallest absolute Gasteiger partial charge is 0.191 e. The van der Waals surface area contributed by atoms with Gasteiger partial charge in [-0.05, 0) is 43.4 Å². The van der Waals surface area contributed by atoms with Crippen molar-refractivity contribution in [3.05, 3.63) is 0 Å². The average Bonchev–Trinajstić information content (AvgIpc) is 3.08. The summed E-state index contributed by atoms with van der Waals surface area (Å²) in [6, 6.07) is 0. The van der Waals surface area contributed by atoms with Crippen molar-refractivity contribution in [1.82, 2.24) is 4.90 Å². The Balaban J connectivity index is 0.00000162. The van der Waals surface area contributed by atoms with E-state index in [-0.39, 0.29) is 24.0 Å². The molecule has 0 aromatic rings. The van der Waals surface area contributed by atoms with Crippen LogP contribution in [0.2, 0.25) is 0 Å². The molecular formula is C14H28IN3. The zero-order valence-corrected chi connectivity index (χ0v) is 14.2. The Hall–Kier alpha value is 0. The zero-order valence-electron chi connectivity index (χ0n) is 11.8. The summed E-state index contributed by atoms with van der Waals surface area (Å²) in [6.07, 6.45) is 7.83. The van der Waals surface area contributed by atoms with Gasteiger partial charge in [0.05, 0.1) is 0 Å². The molecule has 1 saturated heterocycles. The van der Waals surface area contributed by atoms with Gasteiger partial charge >= 0.3 is 0 Å². The summed E-state index contributed by atoms with van der Waals surface area (Å²) in [5.41, 5.74) is 6.63. The summed E-state index contributed by atoms with van der Waals surface area (Å²) in [5, 5.41) is 0. The van der Waals surface area contributed by atoms with Crippen molar-refractivity contribution in [2.45, 2.75) is 52.4 Å². The minimum Gasteiger partial charge on any atom is -0.370 e. The van der Waals surface area contributed by atoms with Crippen LogP contribution in [0.25, 0.3) is 0 Å². The van der Waals surface area contributed by atoms with Crippen LogP contribution in [0.3, 0.4) is 0 Å². The molecule has 0 aromatic heterocycles. The second kappa shape index (κ2) is 6.96. The Morgan fingerprint density at radius 1 is 1.33 bits per heavy atom. The molecule has 1 saturated carbocycles. The van der Waals surface area contributed by atoms with Crippen molar-refractivity contribution < 1.29 is 0 Å². The van der Waals surface area contributed by atoms with Crippen LogP contribution < -0.4 is 5.73 Å². The van der Waals surface area contributed by atoms with Crippen molar-refractivity contribution in [3.63, 3.8) is 0 Å². The number of likely N-dealkylation sites (tertiary alicyclic amines) is 1. The fourth-order valence-electron chi connectivity index (χ4n) is 2.78. The van der Waals surface area contributed by atoms with E-state index in [9.17, 15) is 0 Å². The number of nitrogens with two attached hydrogens (primary N) is 1. The fraction of sp³-hybridized carbons (Fsp3) is 0.929. The van der Waals surface area contributed by atoms with E-state index in [2.05, 4.69) is 23.7 Å². The minimum atomic E-state index is 0. The molecule has 0 radical (unpaired) electrons. The van der Waals surface area contributed by atoms with Crippen molar-refractivity contribution in [2.24, 2.45) is 22.1 Å². The lowest BCUT2D eigenvalue weighted by atomic mass is 9.99. The number of halogens is 1. The van der Waals surface area contributed by atoms with E-state index >= 15 is 0 Å². The summed E-state index contributed by atoms with van der Waals surface area (Å²) in [4.78, 5) is 6.91. The summed E-state index contributed by atoms with van der Waals surface area (Å²) < 4.78 is 0. The first kappa shape index (κ1) is 16.1. The first-order valence-electron chi connectivity index (χ1n) is 7.20. The molecule has 1 heterocycles. The van der Waals surface area contributed by atoms with Gasteiger partial charge in [0.2, 0.25) is 0 Å². The number of hydrogen-bond acceptors (Lipinski definition) is 1. The normalized spacial score (nSPS) is 23.7. The molecule has 0 amide bonds. The molecule has 2 fully saturated rings. The molecule has 1 aliphatic heterocycles. The van der Waals surface area contributed by atoms with Crippen molar-refractivity contribution in [2.75, 3.05) is 19.6 Å². The van der Waals surface area contributed by atoms with Crippen LogP contribution in [0.4, 0.5) is 0 Å². The number of hydrogen-bond donors (Lipinski definition) is 1. The molecule has 18 heavy (non-hydrogen) atoms. The van der Waals surface area contributed by atoms with Crippen molar-refractivity contribution in [3.8, 4) is 0 Å². The maximum atomic E-state index is 6.10. The Bertz CT molecular complexity index is 279. The van der Waals surface area contributed by atoms with Gasteiger partial charge in [0, 0.05) is 19.6 Å². The third-order valence-electron chi connectivity index (χ3n) is 4.42. The molecule has 2 rings (SSSR count). The van der Waals surface area contributed by atoms with Gasteiger partial charge in [0.25, 0.3) is 0 Å². The van der Waals surface area contributed by atoms with E-state index in [1.165, 1.54) is 38.5 Å².